The van der Waals surface area contributed by atoms with E-state index in [2.05, 4.69) is 6.92 Å². The molecule has 1 nitrogen and oxygen atoms in total. The average molecular weight is 635 g/mol. The van der Waals surface area contributed by atoms with Gasteiger partial charge in [0.1, 0.15) is 29.5 Å². The Hall–Kier alpha value is -4.85. The Kier molecular flexibility index (Phi) is 9.95. The summed E-state index contributed by atoms with van der Waals surface area (Å²) in [6.45, 7) is 2.10. The van der Waals surface area contributed by atoms with E-state index in [4.69, 9.17) is 4.74 Å². The lowest BCUT2D eigenvalue weighted by molar-refractivity contribution is -0.185. The van der Waals surface area contributed by atoms with Crippen molar-refractivity contribution in [2.24, 2.45) is 0 Å². The molecule has 0 saturated carbocycles. The van der Waals surface area contributed by atoms with Gasteiger partial charge >= 0.3 is 6.11 Å². The average Bonchev–Trinajstić information content (AvgIpc) is 3.05. The molecular formula is C38H29F7O. The molecule has 0 aromatic heterocycles. The van der Waals surface area contributed by atoms with Gasteiger partial charge in [-0.1, -0.05) is 74.4 Å². The van der Waals surface area contributed by atoms with E-state index in [1.807, 2.05) is 0 Å². The second-order valence-electron chi connectivity index (χ2n) is 10.8. The van der Waals surface area contributed by atoms with E-state index in [1.54, 1.807) is 18.2 Å². The first-order valence-electron chi connectivity index (χ1n) is 14.7. The molecule has 5 aromatic carbocycles. The quantitative estimate of drug-likeness (QED) is 0.104. The molecule has 46 heavy (non-hydrogen) atoms. The Morgan fingerprint density at radius 2 is 1.20 bits per heavy atom. The Morgan fingerprint density at radius 3 is 1.76 bits per heavy atom. The van der Waals surface area contributed by atoms with Gasteiger partial charge in [0.2, 0.25) is 0 Å². The predicted octanol–water partition coefficient (Wildman–Crippen LogP) is 12.2. The summed E-state index contributed by atoms with van der Waals surface area (Å²) < 4.78 is 105. The van der Waals surface area contributed by atoms with Crippen molar-refractivity contribution in [1.82, 2.24) is 0 Å². The first kappa shape index (κ1) is 32.5. The van der Waals surface area contributed by atoms with Crippen LogP contribution in [0.5, 0.6) is 5.75 Å². The molecule has 0 unspecified atom stereocenters. The molecule has 0 aliphatic carbocycles. The van der Waals surface area contributed by atoms with Gasteiger partial charge in [0, 0.05) is 16.7 Å². The number of hydrogen-bond donors (Lipinski definition) is 0. The van der Waals surface area contributed by atoms with Crippen LogP contribution in [0.25, 0.3) is 39.2 Å². The maximum absolute atomic E-state index is 15.2. The highest BCUT2D eigenvalue weighted by atomic mass is 19.3. The third-order valence-electron chi connectivity index (χ3n) is 7.68. The summed E-state index contributed by atoms with van der Waals surface area (Å²) in [5.74, 6) is -3.94. The van der Waals surface area contributed by atoms with Gasteiger partial charge in [0.05, 0.1) is 5.56 Å². The standard InChI is InChI=1S/C38H29F7O/c1-2-3-4-5-24-6-13-29(14-7-24)38(44,45)46-30-15-8-25(9-16-30)26-10-17-31(34(40)20-26)27-11-18-32(35(41)21-27)28-12-19-33(36(42)22-28)37(43)23-39/h6-23H,2-5H2,1H3/b37-23-. The zero-order valence-electron chi connectivity index (χ0n) is 24.8. The van der Waals surface area contributed by atoms with E-state index in [9.17, 15) is 22.0 Å². The van der Waals surface area contributed by atoms with E-state index in [-0.39, 0.29) is 39.9 Å². The summed E-state index contributed by atoms with van der Waals surface area (Å²) in [5.41, 5.74) is 1.54. The van der Waals surface area contributed by atoms with Crippen molar-refractivity contribution in [1.29, 1.82) is 0 Å². The smallest absolute Gasteiger partial charge is 0.426 e. The number of benzene rings is 5. The molecule has 236 valence electrons. The fraction of sp³-hybridized carbons (Fsp3) is 0.158. The van der Waals surface area contributed by atoms with Crippen molar-refractivity contribution in [3.05, 3.63) is 144 Å². The van der Waals surface area contributed by atoms with Gasteiger partial charge in [0.15, 0.2) is 5.83 Å². The fourth-order valence-corrected chi connectivity index (χ4v) is 5.15. The highest BCUT2D eigenvalue weighted by Gasteiger charge is 2.34. The molecule has 0 fully saturated rings. The molecule has 0 N–H and O–H groups in total. The Morgan fingerprint density at radius 1 is 0.652 bits per heavy atom. The van der Waals surface area contributed by atoms with Crippen molar-refractivity contribution in [3.63, 3.8) is 0 Å². The summed E-state index contributed by atoms with van der Waals surface area (Å²) in [7, 11) is 0. The van der Waals surface area contributed by atoms with Crippen LogP contribution in [0.3, 0.4) is 0 Å². The van der Waals surface area contributed by atoms with E-state index in [1.165, 1.54) is 66.7 Å². The van der Waals surface area contributed by atoms with Gasteiger partial charge < -0.3 is 4.74 Å². The van der Waals surface area contributed by atoms with Crippen LogP contribution in [0.2, 0.25) is 0 Å². The lowest BCUT2D eigenvalue weighted by Gasteiger charge is -2.19. The number of rotatable bonds is 11. The molecule has 5 rings (SSSR count). The van der Waals surface area contributed by atoms with Crippen LogP contribution in [-0.2, 0) is 12.5 Å². The topological polar surface area (TPSA) is 9.23 Å². The van der Waals surface area contributed by atoms with Gasteiger partial charge in [-0.05, 0) is 89.2 Å². The molecule has 5 aromatic rings. The minimum atomic E-state index is -3.55. The summed E-state index contributed by atoms with van der Waals surface area (Å²) in [4.78, 5) is 0. The number of unbranched alkanes of at least 4 members (excludes halogenated alkanes) is 2. The lowest BCUT2D eigenvalue weighted by atomic mass is 9.96. The van der Waals surface area contributed by atoms with E-state index in [0.29, 0.717) is 11.1 Å². The highest BCUT2D eigenvalue weighted by Crippen LogP contribution is 2.35. The van der Waals surface area contributed by atoms with Crippen LogP contribution in [0.15, 0.2) is 109 Å². The molecule has 0 radical (unpaired) electrons. The van der Waals surface area contributed by atoms with Crippen molar-refractivity contribution < 1.29 is 35.5 Å². The zero-order valence-corrected chi connectivity index (χ0v) is 24.8. The number of aryl methyl sites for hydroxylation is 1. The van der Waals surface area contributed by atoms with Crippen LogP contribution in [0, 0.1) is 17.5 Å². The number of halogens is 7. The third-order valence-corrected chi connectivity index (χ3v) is 7.68. The minimum Gasteiger partial charge on any atom is -0.429 e. The Balaban J connectivity index is 1.28. The molecule has 0 heterocycles. The third kappa shape index (κ3) is 7.33. The lowest BCUT2D eigenvalue weighted by Crippen LogP contribution is -2.21. The van der Waals surface area contributed by atoms with E-state index < -0.39 is 35.0 Å². The van der Waals surface area contributed by atoms with Crippen molar-refractivity contribution in [3.8, 4) is 39.1 Å². The monoisotopic (exact) mass is 634 g/mol. The fourth-order valence-electron chi connectivity index (χ4n) is 5.15. The minimum absolute atomic E-state index is 0.0109. The second-order valence-corrected chi connectivity index (χ2v) is 10.8. The van der Waals surface area contributed by atoms with Crippen LogP contribution in [0.1, 0.15) is 42.9 Å². The predicted molar refractivity (Wildman–Crippen MR) is 167 cm³/mol. The summed E-state index contributed by atoms with van der Waals surface area (Å²) in [6, 6.07) is 23.3. The van der Waals surface area contributed by atoms with Gasteiger partial charge in [-0.25, -0.2) is 22.0 Å². The Labute approximate surface area is 262 Å². The normalized spacial score (nSPS) is 12.0. The molecular weight excluding hydrogens is 605 g/mol. The Bertz CT molecular complexity index is 1850. The largest absolute Gasteiger partial charge is 0.429 e. The number of ether oxygens (including phenoxy) is 1. The molecule has 8 heteroatoms. The van der Waals surface area contributed by atoms with Crippen LogP contribution in [0.4, 0.5) is 30.7 Å². The summed E-state index contributed by atoms with van der Waals surface area (Å²) in [5, 5.41) is 0. The molecule has 0 bridgehead atoms. The second kappa shape index (κ2) is 14.1. The summed E-state index contributed by atoms with van der Waals surface area (Å²) >= 11 is 0. The SMILES string of the molecule is CCCCCc1ccc(C(F)(F)Oc2ccc(-c3ccc(-c4ccc(-c5ccc(/C(F)=C/F)c(F)c5)c(F)c4)c(F)c3)cc2)cc1. The van der Waals surface area contributed by atoms with Gasteiger partial charge in [0.25, 0.3) is 0 Å². The van der Waals surface area contributed by atoms with Crippen molar-refractivity contribution in [2.75, 3.05) is 0 Å². The molecule has 0 aliphatic rings. The first-order valence-corrected chi connectivity index (χ1v) is 14.7. The van der Waals surface area contributed by atoms with E-state index >= 15 is 8.78 Å². The molecule has 0 saturated heterocycles. The van der Waals surface area contributed by atoms with Gasteiger partial charge in [-0.3, -0.25) is 0 Å². The molecule has 0 amide bonds. The van der Waals surface area contributed by atoms with E-state index in [0.717, 1.165) is 49.4 Å². The number of hydrogen-bond acceptors (Lipinski definition) is 1. The van der Waals surface area contributed by atoms with Crippen LogP contribution >= 0.6 is 0 Å². The highest BCUT2D eigenvalue weighted by molar-refractivity contribution is 5.75. The van der Waals surface area contributed by atoms with Crippen molar-refractivity contribution >= 4 is 5.83 Å². The van der Waals surface area contributed by atoms with Crippen LogP contribution < -0.4 is 4.74 Å². The zero-order chi connectivity index (χ0) is 32.8. The van der Waals surface area contributed by atoms with Crippen molar-refractivity contribution in [2.45, 2.75) is 38.7 Å². The van der Waals surface area contributed by atoms with Gasteiger partial charge in [-0.2, -0.15) is 8.78 Å². The maximum Gasteiger partial charge on any atom is 0.426 e. The molecule has 0 aliphatic heterocycles. The molecule has 0 atom stereocenters. The van der Waals surface area contributed by atoms with Gasteiger partial charge in [-0.15, -0.1) is 0 Å². The summed E-state index contributed by atoms with van der Waals surface area (Å²) in [6.07, 6.45) is 0.0729. The first-order chi connectivity index (χ1) is 22.1. The maximum atomic E-state index is 15.2. The molecule has 0 spiro atoms. The van der Waals surface area contributed by atoms with Crippen LogP contribution in [-0.4, -0.2) is 0 Å². The number of alkyl halides is 2.